The molecule has 1 saturated heterocycles. The van der Waals surface area contributed by atoms with Crippen molar-refractivity contribution in [2.45, 2.75) is 39.3 Å². The lowest BCUT2D eigenvalue weighted by atomic mass is 10.1. The number of ether oxygens (including phenoxy) is 3. The van der Waals surface area contributed by atoms with Gasteiger partial charge in [-0.25, -0.2) is 4.79 Å². The number of esters is 1. The fourth-order valence-corrected chi connectivity index (χ4v) is 3.38. The average molecular weight is 371 g/mol. The Bertz CT molecular complexity index is 816. The first-order valence-electron chi connectivity index (χ1n) is 9.12. The lowest BCUT2D eigenvalue weighted by Crippen LogP contribution is -2.18. The number of nitrogens with zero attached hydrogens (tertiary/aromatic N) is 1. The number of aromatic nitrogens is 1. The number of benzene rings is 1. The molecule has 2 aromatic rings. The molecule has 0 spiro atoms. The molecule has 6 heteroatoms. The number of Topliss-reactive ketones (excluding diaryl/α,β-unsaturated/α-hetero) is 1. The minimum Gasteiger partial charge on any atom is -0.497 e. The molecule has 0 N–H and O–H groups in total. The summed E-state index contributed by atoms with van der Waals surface area (Å²) in [5.74, 6) is -0.0796. The Labute approximate surface area is 159 Å². The number of aryl methyl sites for hydroxylation is 1. The summed E-state index contributed by atoms with van der Waals surface area (Å²) in [4.78, 5) is 24.7. The molecular weight excluding hydrogens is 346 g/mol. The van der Waals surface area contributed by atoms with Crippen LogP contribution in [0.15, 0.2) is 30.3 Å². The molecule has 144 valence electrons. The van der Waals surface area contributed by atoms with E-state index in [1.54, 1.807) is 31.4 Å². The molecule has 0 saturated carbocycles. The number of carbonyl (C=O) groups is 2. The third-order valence-electron chi connectivity index (χ3n) is 4.94. The molecule has 1 aromatic heterocycles. The highest BCUT2D eigenvalue weighted by Gasteiger charge is 2.21. The van der Waals surface area contributed by atoms with E-state index in [0.29, 0.717) is 16.9 Å². The number of carbonyl (C=O) groups excluding carboxylic acids is 2. The Hall–Kier alpha value is -2.60. The zero-order valence-electron chi connectivity index (χ0n) is 16.0. The first-order chi connectivity index (χ1) is 13.0. The second-order valence-corrected chi connectivity index (χ2v) is 6.76. The van der Waals surface area contributed by atoms with Crippen molar-refractivity contribution >= 4 is 11.8 Å². The molecule has 1 aromatic carbocycles. The van der Waals surface area contributed by atoms with Crippen molar-refractivity contribution in [1.82, 2.24) is 4.57 Å². The van der Waals surface area contributed by atoms with Gasteiger partial charge in [-0.3, -0.25) is 4.79 Å². The molecule has 0 amide bonds. The summed E-state index contributed by atoms with van der Waals surface area (Å²) in [7, 11) is 1.56. The minimum atomic E-state index is -0.529. The Morgan fingerprint density at radius 3 is 2.59 bits per heavy atom. The van der Waals surface area contributed by atoms with Gasteiger partial charge in [0.15, 0.2) is 6.61 Å². The first kappa shape index (κ1) is 19.2. The first-order valence-corrected chi connectivity index (χ1v) is 9.12. The number of methoxy groups -OCH3 is 1. The van der Waals surface area contributed by atoms with Gasteiger partial charge in [-0.15, -0.1) is 0 Å². The van der Waals surface area contributed by atoms with E-state index in [9.17, 15) is 9.59 Å². The lowest BCUT2D eigenvalue weighted by Gasteiger charge is -2.14. The number of hydrogen-bond donors (Lipinski definition) is 0. The average Bonchev–Trinajstić information content (AvgIpc) is 3.29. The van der Waals surface area contributed by atoms with Crippen LogP contribution in [0, 0.1) is 13.8 Å². The second-order valence-electron chi connectivity index (χ2n) is 6.76. The van der Waals surface area contributed by atoms with E-state index >= 15 is 0 Å². The van der Waals surface area contributed by atoms with Gasteiger partial charge in [0.1, 0.15) is 5.75 Å². The number of ketones is 1. The summed E-state index contributed by atoms with van der Waals surface area (Å²) in [6.07, 6.45) is 2.32. The monoisotopic (exact) mass is 371 g/mol. The van der Waals surface area contributed by atoms with Crippen LogP contribution < -0.4 is 4.74 Å². The molecule has 1 aliphatic heterocycles. The number of hydrogen-bond acceptors (Lipinski definition) is 5. The second kappa shape index (κ2) is 8.39. The molecule has 0 unspecified atom stereocenters. The highest BCUT2D eigenvalue weighted by atomic mass is 16.5. The van der Waals surface area contributed by atoms with E-state index in [2.05, 4.69) is 4.57 Å². The Balaban J connectivity index is 1.62. The quantitative estimate of drug-likeness (QED) is 0.552. The molecule has 0 aliphatic carbocycles. The van der Waals surface area contributed by atoms with Crippen molar-refractivity contribution in [3.8, 4) is 5.75 Å². The van der Waals surface area contributed by atoms with Gasteiger partial charge in [0.25, 0.3) is 0 Å². The van der Waals surface area contributed by atoms with Crippen LogP contribution in [0.4, 0.5) is 0 Å². The van der Waals surface area contributed by atoms with Crippen LogP contribution >= 0.6 is 0 Å². The summed E-state index contributed by atoms with van der Waals surface area (Å²) >= 11 is 0. The fourth-order valence-electron chi connectivity index (χ4n) is 3.38. The molecular formula is C21H25NO5. The molecule has 1 aliphatic rings. The Morgan fingerprint density at radius 1 is 1.22 bits per heavy atom. The van der Waals surface area contributed by atoms with Crippen molar-refractivity contribution < 1.29 is 23.8 Å². The maximum Gasteiger partial charge on any atom is 0.338 e. The SMILES string of the molecule is COc1ccc(C(=O)OCC(=O)c2cc(C)n(C[C@@H]3CCCO3)c2C)cc1. The Kier molecular flexibility index (Phi) is 5.96. The smallest absolute Gasteiger partial charge is 0.338 e. The van der Waals surface area contributed by atoms with Crippen molar-refractivity contribution in [3.05, 3.63) is 52.8 Å². The fraction of sp³-hybridized carbons (Fsp3) is 0.429. The maximum atomic E-state index is 12.6. The highest BCUT2D eigenvalue weighted by molar-refractivity contribution is 6.00. The van der Waals surface area contributed by atoms with Crippen molar-refractivity contribution in [2.75, 3.05) is 20.3 Å². The predicted octanol–water partition coefficient (Wildman–Crippen LogP) is 3.33. The largest absolute Gasteiger partial charge is 0.497 e. The molecule has 1 atom stereocenters. The summed E-state index contributed by atoms with van der Waals surface area (Å²) in [6.45, 7) is 5.16. The topological polar surface area (TPSA) is 66.8 Å². The van der Waals surface area contributed by atoms with Gasteiger partial charge in [0.2, 0.25) is 5.78 Å². The van der Waals surface area contributed by atoms with Crippen LogP contribution in [0.25, 0.3) is 0 Å². The summed E-state index contributed by atoms with van der Waals surface area (Å²) in [5.41, 5.74) is 2.86. The van der Waals surface area contributed by atoms with Crippen LogP contribution in [0.5, 0.6) is 5.75 Å². The molecule has 0 bridgehead atoms. The molecule has 2 heterocycles. The standard InChI is InChI=1S/C21H25NO5/c1-14-11-19(15(2)22(14)12-18-5-4-10-26-18)20(23)13-27-21(24)16-6-8-17(25-3)9-7-16/h6-9,11,18H,4-5,10,12-13H2,1-3H3/t18-/m0/s1. The van der Waals surface area contributed by atoms with Gasteiger partial charge >= 0.3 is 5.97 Å². The third kappa shape index (κ3) is 4.39. The van der Waals surface area contributed by atoms with E-state index in [4.69, 9.17) is 14.2 Å². The third-order valence-corrected chi connectivity index (χ3v) is 4.94. The van der Waals surface area contributed by atoms with Crippen LogP contribution in [0.1, 0.15) is 44.9 Å². The number of rotatable bonds is 7. The zero-order valence-corrected chi connectivity index (χ0v) is 16.0. The van der Waals surface area contributed by atoms with Crippen LogP contribution in [0.2, 0.25) is 0 Å². The maximum absolute atomic E-state index is 12.6. The summed E-state index contributed by atoms with van der Waals surface area (Å²) in [5, 5.41) is 0. The molecule has 0 radical (unpaired) electrons. The van der Waals surface area contributed by atoms with Crippen molar-refractivity contribution in [2.24, 2.45) is 0 Å². The Morgan fingerprint density at radius 2 is 1.96 bits per heavy atom. The molecule has 27 heavy (non-hydrogen) atoms. The van der Waals surface area contributed by atoms with E-state index in [-0.39, 0.29) is 18.5 Å². The summed E-state index contributed by atoms with van der Waals surface area (Å²) < 4.78 is 18.1. The highest BCUT2D eigenvalue weighted by Crippen LogP contribution is 2.21. The lowest BCUT2D eigenvalue weighted by molar-refractivity contribution is 0.0474. The predicted molar refractivity (Wildman–Crippen MR) is 100 cm³/mol. The van der Waals surface area contributed by atoms with Crippen molar-refractivity contribution in [1.29, 1.82) is 0 Å². The van der Waals surface area contributed by atoms with Gasteiger partial charge in [-0.05, 0) is 57.0 Å². The van der Waals surface area contributed by atoms with E-state index < -0.39 is 5.97 Å². The van der Waals surface area contributed by atoms with Gasteiger partial charge in [0, 0.05) is 30.1 Å². The van der Waals surface area contributed by atoms with E-state index in [1.165, 1.54) is 0 Å². The minimum absolute atomic E-state index is 0.200. The van der Waals surface area contributed by atoms with Crippen LogP contribution in [-0.2, 0) is 16.0 Å². The normalized spacial score (nSPS) is 16.3. The molecule has 6 nitrogen and oxygen atoms in total. The van der Waals surface area contributed by atoms with E-state index in [0.717, 1.165) is 37.4 Å². The van der Waals surface area contributed by atoms with Gasteiger partial charge < -0.3 is 18.8 Å². The van der Waals surface area contributed by atoms with Crippen LogP contribution in [-0.4, -0.2) is 42.7 Å². The summed E-state index contributed by atoms with van der Waals surface area (Å²) in [6, 6.07) is 8.43. The van der Waals surface area contributed by atoms with Crippen LogP contribution in [0.3, 0.4) is 0 Å². The van der Waals surface area contributed by atoms with Gasteiger partial charge in [0.05, 0.1) is 18.8 Å². The molecule has 1 fully saturated rings. The van der Waals surface area contributed by atoms with Gasteiger partial charge in [-0.1, -0.05) is 0 Å². The zero-order chi connectivity index (χ0) is 19.4. The molecule has 3 rings (SSSR count). The van der Waals surface area contributed by atoms with Gasteiger partial charge in [-0.2, -0.15) is 0 Å². The van der Waals surface area contributed by atoms with E-state index in [1.807, 2.05) is 19.9 Å². The van der Waals surface area contributed by atoms with Crippen molar-refractivity contribution in [3.63, 3.8) is 0 Å².